The molecule has 7 heteroatoms. The normalized spacial score (nSPS) is 20.0. The van der Waals surface area contributed by atoms with Gasteiger partial charge in [0, 0.05) is 24.6 Å². The molecule has 0 atom stereocenters. The molecular weight excluding hydrogens is 366 g/mol. The van der Waals surface area contributed by atoms with E-state index in [1.807, 2.05) is 49.6 Å². The summed E-state index contributed by atoms with van der Waals surface area (Å²) in [5.41, 5.74) is 1.43. The lowest BCUT2D eigenvalue weighted by Crippen LogP contribution is -2.41. The predicted octanol–water partition coefficient (Wildman–Crippen LogP) is 3.16. The summed E-state index contributed by atoms with van der Waals surface area (Å²) in [5.74, 6) is 1.49. The zero-order chi connectivity index (χ0) is 20.6. The van der Waals surface area contributed by atoms with Crippen molar-refractivity contribution in [1.29, 1.82) is 0 Å². The van der Waals surface area contributed by atoms with Gasteiger partial charge in [0.2, 0.25) is 0 Å². The Morgan fingerprint density at radius 2 is 1.86 bits per heavy atom. The minimum Gasteiger partial charge on any atom is -0.390 e. The fourth-order valence-electron chi connectivity index (χ4n) is 4.14. The maximum Gasteiger partial charge on any atom is 0.254 e. The molecule has 3 aromatic rings. The largest absolute Gasteiger partial charge is 0.390 e. The van der Waals surface area contributed by atoms with Crippen molar-refractivity contribution in [3.05, 3.63) is 48.2 Å². The number of fused-ring (bicyclic) bond motifs is 1. The molecular formula is C22H27N5O2. The summed E-state index contributed by atoms with van der Waals surface area (Å²) in [6, 6.07) is 6.01. The van der Waals surface area contributed by atoms with Gasteiger partial charge in [-0.25, -0.2) is 15.0 Å². The van der Waals surface area contributed by atoms with Gasteiger partial charge in [0.1, 0.15) is 11.5 Å². The molecule has 0 aliphatic heterocycles. The van der Waals surface area contributed by atoms with E-state index in [1.54, 1.807) is 12.4 Å². The molecule has 1 aliphatic rings. The maximum absolute atomic E-state index is 12.6. The van der Waals surface area contributed by atoms with Crippen molar-refractivity contribution in [2.24, 2.45) is 5.92 Å². The molecule has 7 nitrogen and oxygen atoms in total. The number of aromatic nitrogens is 4. The van der Waals surface area contributed by atoms with Crippen molar-refractivity contribution in [2.75, 3.05) is 0 Å². The first-order chi connectivity index (χ1) is 13.8. The molecule has 0 spiro atoms. The molecule has 29 heavy (non-hydrogen) atoms. The first-order valence-corrected chi connectivity index (χ1v) is 10.1. The van der Waals surface area contributed by atoms with Crippen molar-refractivity contribution in [3.63, 3.8) is 0 Å². The Labute approximate surface area is 170 Å². The topological polar surface area (TPSA) is 92.4 Å². The van der Waals surface area contributed by atoms with Crippen molar-refractivity contribution in [2.45, 2.75) is 58.1 Å². The van der Waals surface area contributed by atoms with Gasteiger partial charge >= 0.3 is 0 Å². The Kier molecular flexibility index (Phi) is 5.08. The summed E-state index contributed by atoms with van der Waals surface area (Å²) in [7, 11) is 0. The fraction of sp³-hybridized carbons (Fsp3) is 0.455. The number of hydrogen-bond acceptors (Lipinski definition) is 5. The van der Waals surface area contributed by atoms with Gasteiger partial charge in [-0.2, -0.15) is 0 Å². The summed E-state index contributed by atoms with van der Waals surface area (Å²) in [6.45, 7) is 5.66. The Morgan fingerprint density at radius 3 is 2.52 bits per heavy atom. The number of amides is 1. The van der Waals surface area contributed by atoms with E-state index in [-0.39, 0.29) is 17.9 Å². The first-order valence-electron chi connectivity index (χ1n) is 10.1. The number of rotatable bonds is 4. The quantitative estimate of drug-likeness (QED) is 0.710. The van der Waals surface area contributed by atoms with Crippen LogP contribution in [0, 0.1) is 12.8 Å². The third-order valence-corrected chi connectivity index (χ3v) is 5.91. The monoisotopic (exact) mass is 393 g/mol. The second-order valence-corrected chi connectivity index (χ2v) is 8.43. The van der Waals surface area contributed by atoms with Crippen LogP contribution in [-0.4, -0.2) is 42.0 Å². The number of nitrogens with one attached hydrogen (secondary N) is 1. The fourth-order valence-corrected chi connectivity index (χ4v) is 4.14. The van der Waals surface area contributed by atoms with Crippen molar-refractivity contribution in [1.82, 2.24) is 24.7 Å². The highest BCUT2D eigenvalue weighted by atomic mass is 16.3. The van der Waals surface area contributed by atoms with Gasteiger partial charge in [0.25, 0.3) is 5.91 Å². The lowest BCUT2D eigenvalue weighted by Gasteiger charge is -2.36. The molecule has 0 bridgehead atoms. The van der Waals surface area contributed by atoms with Crippen molar-refractivity contribution >= 4 is 11.4 Å². The second-order valence-electron chi connectivity index (χ2n) is 8.43. The van der Waals surface area contributed by atoms with Crippen LogP contribution in [0.4, 0.5) is 0 Å². The van der Waals surface area contributed by atoms with Gasteiger partial charge in [-0.3, -0.25) is 4.79 Å². The van der Waals surface area contributed by atoms with Gasteiger partial charge in [0.15, 0.2) is 5.82 Å². The lowest BCUT2D eigenvalue weighted by atomic mass is 9.77. The standard InChI is InChI=1S/C22H27N5O2/c1-14-25-19(18-6-4-5-11-27(14)18)20-23-12-15(13-24-20)21(28)26-17-9-7-16(8-10-17)22(2,3)29/h4-6,11-13,16-17,29H,7-10H2,1-3H3,(H,26,28)/t16-,17-. The summed E-state index contributed by atoms with van der Waals surface area (Å²) < 4.78 is 1.99. The van der Waals surface area contributed by atoms with Crippen LogP contribution < -0.4 is 5.32 Å². The Morgan fingerprint density at radius 1 is 1.17 bits per heavy atom. The molecule has 4 rings (SSSR count). The van der Waals surface area contributed by atoms with Gasteiger partial charge in [-0.05, 0) is 64.5 Å². The number of carbonyl (C=O) groups is 1. The van der Waals surface area contributed by atoms with Crippen LogP contribution in [0.2, 0.25) is 0 Å². The summed E-state index contributed by atoms with van der Waals surface area (Å²) in [5, 5.41) is 13.2. The third-order valence-electron chi connectivity index (χ3n) is 5.91. The molecule has 3 aromatic heterocycles. The highest BCUT2D eigenvalue weighted by molar-refractivity contribution is 5.94. The average Bonchev–Trinajstić information content (AvgIpc) is 3.05. The average molecular weight is 393 g/mol. The first kappa shape index (κ1) is 19.5. The number of imidazole rings is 1. The van der Waals surface area contributed by atoms with Gasteiger partial charge < -0.3 is 14.8 Å². The number of carbonyl (C=O) groups excluding carboxylic acids is 1. The molecule has 0 aromatic carbocycles. The maximum atomic E-state index is 12.6. The molecule has 152 valence electrons. The zero-order valence-corrected chi connectivity index (χ0v) is 17.1. The summed E-state index contributed by atoms with van der Waals surface area (Å²) in [6.07, 6.45) is 8.65. The minimum atomic E-state index is -0.658. The molecule has 1 saturated carbocycles. The number of hydrogen-bond donors (Lipinski definition) is 2. The zero-order valence-electron chi connectivity index (χ0n) is 17.1. The van der Waals surface area contributed by atoms with Crippen LogP contribution in [0.3, 0.4) is 0 Å². The SMILES string of the molecule is Cc1nc(-c2ncc(C(=O)N[C@H]3CC[C@H](C(C)(C)O)CC3)cn2)c2ccccn12. The minimum absolute atomic E-state index is 0.125. The highest BCUT2D eigenvalue weighted by Gasteiger charge is 2.31. The summed E-state index contributed by atoms with van der Waals surface area (Å²) in [4.78, 5) is 25.9. The molecule has 1 aliphatic carbocycles. The molecule has 1 fully saturated rings. The van der Waals surface area contributed by atoms with E-state index < -0.39 is 5.60 Å². The molecule has 2 N–H and O–H groups in total. The number of aryl methyl sites for hydroxylation is 1. The number of aliphatic hydroxyl groups is 1. The van der Waals surface area contributed by atoms with E-state index in [0.29, 0.717) is 17.1 Å². The Bertz CT molecular complexity index is 1010. The molecule has 3 heterocycles. The van der Waals surface area contributed by atoms with Crippen LogP contribution in [0.5, 0.6) is 0 Å². The Hall–Kier alpha value is -2.80. The Balaban J connectivity index is 1.44. The van der Waals surface area contributed by atoms with Gasteiger partial charge in [0.05, 0.1) is 16.7 Å². The van der Waals surface area contributed by atoms with Crippen LogP contribution in [-0.2, 0) is 0 Å². The van der Waals surface area contributed by atoms with Crippen LogP contribution in [0.15, 0.2) is 36.8 Å². The van der Waals surface area contributed by atoms with E-state index in [9.17, 15) is 9.90 Å². The van der Waals surface area contributed by atoms with E-state index >= 15 is 0 Å². The van der Waals surface area contributed by atoms with E-state index in [4.69, 9.17) is 0 Å². The van der Waals surface area contributed by atoms with E-state index in [2.05, 4.69) is 20.3 Å². The number of nitrogens with zero attached hydrogens (tertiary/aromatic N) is 4. The molecule has 0 unspecified atom stereocenters. The lowest BCUT2D eigenvalue weighted by molar-refractivity contribution is -0.00257. The van der Waals surface area contributed by atoms with Crippen LogP contribution in [0.1, 0.15) is 55.7 Å². The van der Waals surface area contributed by atoms with Gasteiger partial charge in [-0.15, -0.1) is 0 Å². The highest BCUT2D eigenvalue weighted by Crippen LogP contribution is 2.32. The van der Waals surface area contributed by atoms with Gasteiger partial charge in [-0.1, -0.05) is 6.07 Å². The molecule has 0 saturated heterocycles. The molecule has 0 radical (unpaired) electrons. The van der Waals surface area contributed by atoms with E-state index in [0.717, 1.165) is 37.0 Å². The van der Waals surface area contributed by atoms with Crippen molar-refractivity contribution in [3.8, 4) is 11.5 Å². The summed E-state index contributed by atoms with van der Waals surface area (Å²) >= 11 is 0. The number of pyridine rings is 1. The van der Waals surface area contributed by atoms with Crippen LogP contribution in [0.25, 0.3) is 17.0 Å². The van der Waals surface area contributed by atoms with Crippen molar-refractivity contribution < 1.29 is 9.90 Å². The second kappa shape index (κ2) is 7.55. The van der Waals surface area contributed by atoms with E-state index in [1.165, 1.54) is 0 Å². The molecule has 1 amide bonds. The smallest absolute Gasteiger partial charge is 0.254 e. The third kappa shape index (κ3) is 4.00. The van der Waals surface area contributed by atoms with Crippen LogP contribution >= 0.6 is 0 Å². The predicted molar refractivity (Wildman–Crippen MR) is 110 cm³/mol.